The van der Waals surface area contributed by atoms with Gasteiger partial charge in [0, 0.05) is 19.6 Å². The van der Waals surface area contributed by atoms with Crippen LogP contribution in [0.15, 0.2) is 0 Å². The predicted octanol–water partition coefficient (Wildman–Crippen LogP) is 0.171. The molecule has 0 aromatic heterocycles. The number of halogens is 1. The van der Waals surface area contributed by atoms with Gasteiger partial charge in [-0.05, 0) is 19.3 Å². The summed E-state index contributed by atoms with van der Waals surface area (Å²) in [6, 6.07) is 0. The fraction of sp³-hybridized carbons (Fsp3) is 1.00. The molecule has 0 aromatic rings. The molecule has 1 heterocycles. The predicted molar refractivity (Wildman–Crippen MR) is 47.7 cm³/mol. The Bertz CT molecular complexity index is 100. The molecule has 11 heavy (non-hydrogen) atoms. The lowest BCUT2D eigenvalue weighted by Crippen LogP contribution is -2.41. The van der Waals surface area contributed by atoms with Crippen LogP contribution in [0, 0.1) is 0 Å². The van der Waals surface area contributed by atoms with Gasteiger partial charge < -0.3 is 10.8 Å². The molecule has 0 spiro atoms. The molecule has 0 aromatic carbocycles. The number of likely N-dealkylation sites (tertiary alicyclic amines) is 1. The number of aliphatic hydroxyl groups excluding tert-OH is 1. The highest BCUT2D eigenvalue weighted by Crippen LogP contribution is 2.13. The van der Waals surface area contributed by atoms with Crippen LogP contribution in [0.4, 0.5) is 0 Å². The van der Waals surface area contributed by atoms with Crippen molar-refractivity contribution in [3.63, 3.8) is 0 Å². The fourth-order valence-corrected chi connectivity index (χ4v) is 1.40. The van der Waals surface area contributed by atoms with Crippen molar-refractivity contribution < 1.29 is 5.11 Å². The Hall–Kier alpha value is 0.170. The second-order valence-electron chi connectivity index (χ2n) is 2.80. The Balaban J connectivity index is 0.000001000. The van der Waals surface area contributed by atoms with Crippen molar-refractivity contribution >= 4 is 12.4 Å². The van der Waals surface area contributed by atoms with Gasteiger partial charge in [-0.25, -0.2) is 0 Å². The highest BCUT2D eigenvalue weighted by atomic mass is 35.5. The topological polar surface area (TPSA) is 49.5 Å². The molecule has 68 valence electrons. The van der Waals surface area contributed by atoms with Crippen LogP contribution in [0.1, 0.15) is 19.3 Å². The minimum absolute atomic E-state index is 0. The van der Waals surface area contributed by atoms with E-state index in [1.807, 2.05) is 4.90 Å². The van der Waals surface area contributed by atoms with E-state index in [1.54, 1.807) is 0 Å². The highest BCUT2D eigenvalue weighted by Gasteiger charge is 2.17. The molecule has 0 saturated carbocycles. The first kappa shape index (κ1) is 11.2. The third kappa shape index (κ3) is 3.38. The van der Waals surface area contributed by atoms with E-state index in [0.29, 0.717) is 6.54 Å². The molecule has 0 amide bonds. The van der Waals surface area contributed by atoms with Crippen molar-refractivity contribution in [2.45, 2.75) is 25.5 Å². The van der Waals surface area contributed by atoms with E-state index in [0.717, 1.165) is 25.9 Å². The van der Waals surface area contributed by atoms with Gasteiger partial charge in [0.2, 0.25) is 0 Å². The fourth-order valence-electron chi connectivity index (χ4n) is 1.40. The molecule has 3 nitrogen and oxygen atoms in total. The van der Waals surface area contributed by atoms with Gasteiger partial charge in [0.1, 0.15) is 6.23 Å². The van der Waals surface area contributed by atoms with Crippen LogP contribution < -0.4 is 5.73 Å². The smallest absolute Gasteiger partial charge is 0.107 e. The van der Waals surface area contributed by atoms with Gasteiger partial charge in [-0.3, -0.25) is 4.90 Å². The Morgan fingerprint density at radius 3 is 2.73 bits per heavy atom. The quantitative estimate of drug-likeness (QED) is 0.637. The summed E-state index contributed by atoms with van der Waals surface area (Å²) in [7, 11) is 0. The Kier molecular flexibility index (Phi) is 5.86. The molecular formula is C7H17ClN2O. The zero-order chi connectivity index (χ0) is 7.40. The minimum atomic E-state index is -0.225. The van der Waals surface area contributed by atoms with E-state index in [9.17, 15) is 5.11 Å². The van der Waals surface area contributed by atoms with Crippen LogP contribution in [-0.2, 0) is 0 Å². The van der Waals surface area contributed by atoms with Crippen molar-refractivity contribution in [3.8, 4) is 0 Å². The third-order valence-corrected chi connectivity index (χ3v) is 2.00. The Morgan fingerprint density at radius 1 is 1.45 bits per heavy atom. The Morgan fingerprint density at radius 2 is 2.18 bits per heavy atom. The van der Waals surface area contributed by atoms with Gasteiger partial charge in [-0.1, -0.05) is 0 Å². The lowest BCUT2D eigenvalue weighted by atomic mass is 10.1. The van der Waals surface area contributed by atoms with Crippen molar-refractivity contribution in [3.05, 3.63) is 0 Å². The lowest BCUT2D eigenvalue weighted by molar-refractivity contribution is -0.0214. The largest absolute Gasteiger partial charge is 0.378 e. The molecule has 1 fully saturated rings. The Labute approximate surface area is 74.0 Å². The summed E-state index contributed by atoms with van der Waals surface area (Å²) in [6.07, 6.45) is 3.05. The van der Waals surface area contributed by atoms with E-state index in [-0.39, 0.29) is 18.6 Å². The van der Waals surface area contributed by atoms with Gasteiger partial charge in [0.05, 0.1) is 0 Å². The molecule has 1 rings (SSSR count). The van der Waals surface area contributed by atoms with Gasteiger partial charge in [-0.2, -0.15) is 0 Å². The number of nitrogens with zero attached hydrogens (tertiary/aromatic N) is 1. The first-order chi connectivity index (χ1) is 4.84. The molecule has 1 atom stereocenters. The second kappa shape index (κ2) is 5.77. The molecule has 1 aliphatic heterocycles. The maximum absolute atomic E-state index is 9.37. The summed E-state index contributed by atoms with van der Waals surface area (Å²) >= 11 is 0. The maximum atomic E-state index is 9.37. The monoisotopic (exact) mass is 180 g/mol. The molecule has 1 aliphatic rings. The molecule has 0 aliphatic carbocycles. The molecule has 4 heteroatoms. The van der Waals surface area contributed by atoms with Crippen molar-refractivity contribution in [2.24, 2.45) is 5.73 Å². The van der Waals surface area contributed by atoms with E-state index in [4.69, 9.17) is 5.73 Å². The molecule has 3 N–H and O–H groups in total. The number of hydrogen-bond donors (Lipinski definition) is 2. The van der Waals surface area contributed by atoms with Crippen LogP contribution in [0.25, 0.3) is 0 Å². The van der Waals surface area contributed by atoms with Gasteiger partial charge >= 0.3 is 0 Å². The molecule has 1 saturated heterocycles. The van der Waals surface area contributed by atoms with Crippen molar-refractivity contribution in [1.29, 1.82) is 0 Å². The summed E-state index contributed by atoms with van der Waals surface area (Å²) in [5.74, 6) is 0. The molecular weight excluding hydrogens is 164 g/mol. The first-order valence-electron chi connectivity index (χ1n) is 3.97. The summed E-state index contributed by atoms with van der Waals surface area (Å²) in [5.41, 5.74) is 5.37. The standard InChI is InChI=1S/C7H16N2O.ClH/c8-4-6-9-5-2-1-3-7(9)10;/h7,10H,1-6,8H2;1H. The molecule has 1 unspecified atom stereocenters. The minimum Gasteiger partial charge on any atom is -0.378 e. The van der Waals surface area contributed by atoms with E-state index in [1.165, 1.54) is 6.42 Å². The lowest BCUT2D eigenvalue weighted by Gasteiger charge is -2.31. The van der Waals surface area contributed by atoms with E-state index < -0.39 is 0 Å². The van der Waals surface area contributed by atoms with E-state index >= 15 is 0 Å². The zero-order valence-electron chi connectivity index (χ0n) is 6.70. The number of rotatable bonds is 2. The number of piperidine rings is 1. The van der Waals surface area contributed by atoms with Crippen LogP contribution in [0.3, 0.4) is 0 Å². The summed E-state index contributed by atoms with van der Waals surface area (Å²) < 4.78 is 0. The van der Waals surface area contributed by atoms with Crippen molar-refractivity contribution in [2.75, 3.05) is 19.6 Å². The molecule has 0 radical (unpaired) electrons. The molecule has 0 bridgehead atoms. The van der Waals surface area contributed by atoms with Crippen LogP contribution in [0.2, 0.25) is 0 Å². The first-order valence-corrected chi connectivity index (χ1v) is 3.97. The van der Waals surface area contributed by atoms with Crippen LogP contribution in [0.5, 0.6) is 0 Å². The number of aliphatic hydroxyl groups is 1. The maximum Gasteiger partial charge on any atom is 0.107 e. The second-order valence-corrected chi connectivity index (χ2v) is 2.80. The normalized spacial score (nSPS) is 26.2. The van der Waals surface area contributed by atoms with Crippen LogP contribution in [-0.4, -0.2) is 35.9 Å². The SMILES string of the molecule is Cl.NCCN1CCCCC1O. The van der Waals surface area contributed by atoms with E-state index in [2.05, 4.69) is 0 Å². The summed E-state index contributed by atoms with van der Waals surface area (Å²) in [5, 5.41) is 9.37. The average Bonchev–Trinajstić information content (AvgIpc) is 1.94. The summed E-state index contributed by atoms with van der Waals surface area (Å²) in [6.45, 7) is 2.50. The van der Waals surface area contributed by atoms with Gasteiger partial charge in [-0.15, -0.1) is 12.4 Å². The average molecular weight is 181 g/mol. The summed E-state index contributed by atoms with van der Waals surface area (Å²) in [4.78, 5) is 2.05. The van der Waals surface area contributed by atoms with Crippen molar-refractivity contribution in [1.82, 2.24) is 4.90 Å². The highest BCUT2D eigenvalue weighted by molar-refractivity contribution is 5.85. The zero-order valence-corrected chi connectivity index (χ0v) is 7.52. The van der Waals surface area contributed by atoms with Crippen LogP contribution >= 0.6 is 12.4 Å². The third-order valence-electron chi connectivity index (χ3n) is 2.00. The number of nitrogens with two attached hydrogens (primary N) is 1. The van der Waals surface area contributed by atoms with Gasteiger partial charge in [0.25, 0.3) is 0 Å². The number of hydrogen-bond acceptors (Lipinski definition) is 3. The van der Waals surface area contributed by atoms with Gasteiger partial charge in [0.15, 0.2) is 0 Å².